The summed E-state index contributed by atoms with van der Waals surface area (Å²) >= 11 is 12.3. The molecule has 0 spiro atoms. The molecule has 0 fully saturated rings. The highest BCUT2D eigenvalue weighted by molar-refractivity contribution is 6.42. The topological polar surface area (TPSA) is 47.3 Å². The third-order valence-electron chi connectivity index (χ3n) is 2.91. The zero-order valence-electron chi connectivity index (χ0n) is 10.4. The summed E-state index contributed by atoms with van der Waals surface area (Å²) in [5.74, 6) is 6.41. The summed E-state index contributed by atoms with van der Waals surface area (Å²) in [7, 11) is 1.62. The summed E-state index contributed by atoms with van der Waals surface area (Å²) in [5, 5.41) is 0.979. The first kappa shape index (κ1) is 14.2. The SMILES string of the molecule is COc1ccccc1C(NN)c1cccc(Cl)c1Cl. The van der Waals surface area contributed by atoms with Crippen molar-refractivity contribution in [2.75, 3.05) is 7.11 Å². The molecule has 100 valence electrons. The maximum atomic E-state index is 6.24. The lowest BCUT2D eigenvalue weighted by Gasteiger charge is -2.20. The first-order valence-electron chi connectivity index (χ1n) is 5.72. The number of ether oxygens (including phenoxy) is 1. The fourth-order valence-corrected chi connectivity index (χ4v) is 2.41. The standard InChI is InChI=1S/C14H14Cl2N2O/c1-19-12-8-3-2-5-9(12)14(18-17)10-6-4-7-11(15)13(10)16/h2-8,14,18H,17H2,1H3. The second-order valence-electron chi connectivity index (χ2n) is 3.98. The van der Waals surface area contributed by atoms with Crippen molar-refractivity contribution in [2.45, 2.75) is 6.04 Å². The normalized spacial score (nSPS) is 12.2. The highest BCUT2D eigenvalue weighted by Gasteiger charge is 2.20. The average Bonchev–Trinajstić information content (AvgIpc) is 2.45. The highest BCUT2D eigenvalue weighted by atomic mass is 35.5. The van der Waals surface area contributed by atoms with E-state index in [4.69, 9.17) is 33.8 Å². The van der Waals surface area contributed by atoms with Crippen molar-refractivity contribution in [2.24, 2.45) is 5.84 Å². The second kappa shape index (κ2) is 6.26. The maximum absolute atomic E-state index is 6.24. The number of para-hydroxylation sites is 1. The van der Waals surface area contributed by atoms with Crippen molar-refractivity contribution in [3.8, 4) is 5.75 Å². The first-order valence-corrected chi connectivity index (χ1v) is 6.47. The predicted molar refractivity (Wildman–Crippen MR) is 78.6 cm³/mol. The van der Waals surface area contributed by atoms with Gasteiger partial charge in [0.2, 0.25) is 0 Å². The number of hydrazine groups is 1. The molecular formula is C14H14Cl2N2O. The molecule has 0 aliphatic heterocycles. The van der Waals surface area contributed by atoms with Crippen LogP contribution < -0.4 is 16.0 Å². The summed E-state index contributed by atoms with van der Waals surface area (Å²) in [5.41, 5.74) is 4.46. The minimum absolute atomic E-state index is 0.289. The Balaban J connectivity index is 2.53. The Hall–Kier alpha value is -1.26. The van der Waals surface area contributed by atoms with Gasteiger partial charge in [0.05, 0.1) is 23.2 Å². The van der Waals surface area contributed by atoms with Crippen LogP contribution >= 0.6 is 23.2 Å². The summed E-state index contributed by atoms with van der Waals surface area (Å²) in [4.78, 5) is 0. The largest absolute Gasteiger partial charge is 0.496 e. The highest BCUT2D eigenvalue weighted by Crippen LogP contribution is 2.35. The van der Waals surface area contributed by atoms with Crippen LogP contribution in [0.5, 0.6) is 5.75 Å². The summed E-state index contributed by atoms with van der Waals surface area (Å²) in [6.07, 6.45) is 0. The summed E-state index contributed by atoms with van der Waals surface area (Å²) < 4.78 is 5.35. The van der Waals surface area contributed by atoms with Crippen molar-refractivity contribution < 1.29 is 4.74 Å². The van der Waals surface area contributed by atoms with E-state index in [0.29, 0.717) is 10.0 Å². The van der Waals surface area contributed by atoms with E-state index in [9.17, 15) is 0 Å². The van der Waals surface area contributed by atoms with Gasteiger partial charge in [0, 0.05) is 5.56 Å². The van der Waals surface area contributed by atoms with Crippen LogP contribution in [0.3, 0.4) is 0 Å². The van der Waals surface area contributed by atoms with E-state index in [1.54, 1.807) is 13.2 Å². The monoisotopic (exact) mass is 296 g/mol. The predicted octanol–water partition coefficient (Wildman–Crippen LogP) is 3.55. The van der Waals surface area contributed by atoms with E-state index in [2.05, 4.69) is 5.43 Å². The van der Waals surface area contributed by atoms with Gasteiger partial charge in [0.25, 0.3) is 0 Å². The number of nitrogens with two attached hydrogens (primary N) is 1. The van der Waals surface area contributed by atoms with Gasteiger partial charge in [-0.2, -0.15) is 0 Å². The van der Waals surface area contributed by atoms with Gasteiger partial charge in [0.1, 0.15) is 5.75 Å². The Bertz CT molecular complexity index is 575. The summed E-state index contributed by atoms with van der Waals surface area (Å²) in [6, 6.07) is 12.8. The van der Waals surface area contributed by atoms with Crippen LogP contribution in [-0.2, 0) is 0 Å². The average molecular weight is 297 g/mol. The molecule has 1 atom stereocenters. The van der Waals surface area contributed by atoms with Gasteiger partial charge in [-0.25, -0.2) is 5.43 Å². The van der Waals surface area contributed by atoms with Crippen LogP contribution in [0, 0.1) is 0 Å². The Morgan fingerprint density at radius 2 is 1.74 bits per heavy atom. The van der Waals surface area contributed by atoms with E-state index >= 15 is 0 Å². The molecule has 3 nitrogen and oxygen atoms in total. The van der Waals surface area contributed by atoms with E-state index in [-0.39, 0.29) is 6.04 Å². The number of hydrogen-bond acceptors (Lipinski definition) is 3. The van der Waals surface area contributed by atoms with Gasteiger partial charge >= 0.3 is 0 Å². The van der Waals surface area contributed by atoms with Crippen LogP contribution in [0.4, 0.5) is 0 Å². The van der Waals surface area contributed by atoms with Crippen molar-refractivity contribution in [1.82, 2.24) is 5.43 Å². The molecule has 0 heterocycles. The van der Waals surface area contributed by atoms with Crippen molar-refractivity contribution in [3.63, 3.8) is 0 Å². The van der Waals surface area contributed by atoms with E-state index < -0.39 is 0 Å². The molecule has 0 aromatic heterocycles. The van der Waals surface area contributed by atoms with Crippen molar-refractivity contribution in [1.29, 1.82) is 0 Å². The Kier molecular flexibility index (Phi) is 4.66. The van der Waals surface area contributed by atoms with Gasteiger partial charge in [-0.3, -0.25) is 5.84 Å². The molecule has 2 rings (SSSR count). The molecule has 0 aliphatic rings. The lowest BCUT2D eigenvalue weighted by Crippen LogP contribution is -2.29. The van der Waals surface area contributed by atoms with Gasteiger partial charge in [-0.05, 0) is 17.7 Å². The van der Waals surface area contributed by atoms with Crippen molar-refractivity contribution in [3.05, 3.63) is 63.6 Å². The maximum Gasteiger partial charge on any atom is 0.124 e. The second-order valence-corrected chi connectivity index (χ2v) is 4.77. The Labute approximate surface area is 122 Å². The van der Waals surface area contributed by atoms with Gasteiger partial charge < -0.3 is 4.74 Å². The summed E-state index contributed by atoms with van der Waals surface area (Å²) in [6.45, 7) is 0. The van der Waals surface area contributed by atoms with Gasteiger partial charge in [-0.1, -0.05) is 53.5 Å². The van der Waals surface area contributed by atoms with E-state index in [1.165, 1.54) is 0 Å². The Morgan fingerprint density at radius 3 is 2.42 bits per heavy atom. The zero-order valence-corrected chi connectivity index (χ0v) is 11.9. The molecule has 0 amide bonds. The number of benzene rings is 2. The number of hydrogen-bond donors (Lipinski definition) is 2. The minimum Gasteiger partial charge on any atom is -0.496 e. The fraction of sp³-hybridized carbons (Fsp3) is 0.143. The van der Waals surface area contributed by atoms with Crippen LogP contribution in [0.1, 0.15) is 17.2 Å². The van der Waals surface area contributed by atoms with Crippen LogP contribution in [0.25, 0.3) is 0 Å². The molecule has 2 aromatic rings. The number of halogens is 2. The number of rotatable bonds is 4. The molecule has 0 aliphatic carbocycles. The molecule has 3 N–H and O–H groups in total. The molecule has 0 bridgehead atoms. The smallest absolute Gasteiger partial charge is 0.124 e. The lowest BCUT2D eigenvalue weighted by atomic mass is 9.98. The van der Waals surface area contributed by atoms with E-state index in [1.807, 2.05) is 36.4 Å². The fourth-order valence-electron chi connectivity index (χ4n) is 2.00. The van der Waals surface area contributed by atoms with Gasteiger partial charge in [0.15, 0.2) is 0 Å². The molecular weight excluding hydrogens is 283 g/mol. The van der Waals surface area contributed by atoms with E-state index in [0.717, 1.165) is 16.9 Å². The number of nitrogens with one attached hydrogen (secondary N) is 1. The molecule has 2 aromatic carbocycles. The minimum atomic E-state index is -0.289. The zero-order chi connectivity index (χ0) is 13.8. The molecule has 19 heavy (non-hydrogen) atoms. The third kappa shape index (κ3) is 2.85. The lowest BCUT2D eigenvalue weighted by molar-refractivity contribution is 0.404. The first-order chi connectivity index (χ1) is 9.19. The van der Waals surface area contributed by atoms with Crippen LogP contribution in [0.15, 0.2) is 42.5 Å². The quantitative estimate of drug-likeness (QED) is 0.670. The molecule has 0 saturated heterocycles. The Morgan fingerprint density at radius 1 is 1.05 bits per heavy atom. The third-order valence-corrected chi connectivity index (χ3v) is 3.74. The van der Waals surface area contributed by atoms with Crippen molar-refractivity contribution >= 4 is 23.2 Å². The number of methoxy groups -OCH3 is 1. The molecule has 0 saturated carbocycles. The van der Waals surface area contributed by atoms with Gasteiger partial charge in [-0.15, -0.1) is 0 Å². The van der Waals surface area contributed by atoms with Crippen LogP contribution in [-0.4, -0.2) is 7.11 Å². The molecule has 5 heteroatoms. The molecule has 1 unspecified atom stereocenters. The van der Waals surface area contributed by atoms with Crippen LogP contribution in [0.2, 0.25) is 10.0 Å². The molecule has 0 radical (unpaired) electrons.